The molecule has 2 rings (SSSR count). The summed E-state index contributed by atoms with van der Waals surface area (Å²) in [5.74, 6) is 4.74. The normalized spacial score (nSPS) is 10.4. The van der Waals surface area contributed by atoms with Gasteiger partial charge >= 0.3 is 0 Å². The molecule has 0 aliphatic heterocycles. The van der Waals surface area contributed by atoms with Crippen LogP contribution >= 0.6 is 0 Å². The van der Waals surface area contributed by atoms with Crippen molar-refractivity contribution in [2.24, 2.45) is 12.9 Å². The van der Waals surface area contributed by atoms with Gasteiger partial charge in [0.15, 0.2) is 0 Å². The highest BCUT2D eigenvalue weighted by molar-refractivity contribution is 6.04. The van der Waals surface area contributed by atoms with Crippen LogP contribution in [0, 0.1) is 0 Å². The van der Waals surface area contributed by atoms with Gasteiger partial charge in [-0.2, -0.15) is 0 Å². The SMILES string of the molecule is Cn1cnc2c(C(=O)NN)cccc21. The fourth-order valence-corrected chi connectivity index (χ4v) is 1.42. The second-order valence-corrected chi connectivity index (χ2v) is 3.00. The zero-order chi connectivity index (χ0) is 10.1. The molecule has 1 amide bonds. The van der Waals surface area contributed by atoms with Gasteiger partial charge in [-0.25, -0.2) is 10.8 Å². The fourth-order valence-electron chi connectivity index (χ4n) is 1.42. The zero-order valence-electron chi connectivity index (χ0n) is 7.69. The third-order valence-electron chi connectivity index (χ3n) is 2.13. The van der Waals surface area contributed by atoms with Crippen LogP contribution in [-0.2, 0) is 7.05 Å². The lowest BCUT2D eigenvalue weighted by Crippen LogP contribution is -2.30. The summed E-state index contributed by atoms with van der Waals surface area (Å²) < 4.78 is 1.85. The second kappa shape index (κ2) is 3.12. The van der Waals surface area contributed by atoms with Crippen LogP contribution < -0.4 is 11.3 Å². The van der Waals surface area contributed by atoms with Crippen LogP contribution in [0.2, 0.25) is 0 Å². The van der Waals surface area contributed by atoms with E-state index >= 15 is 0 Å². The number of fused-ring (bicyclic) bond motifs is 1. The van der Waals surface area contributed by atoms with Gasteiger partial charge in [0.25, 0.3) is 5.91 Å². The van der Waals surface area contributed by atoms with E-state index in [9.17, 15) is 4.79 Å². The van der Waals surface area contributed by atoms with E-state index in [1.165, 1.54) is 0 Å². The van der Waals surface area contributed by atoms with Crippen LogP contribution in [0.4, 0.5) is 0 Å². The number of hydrazine groups is 1. The van der Waals surface area contributed by atoms with E-state index in [1.807, 2.05) is 17.7 Å². The minimum absolute atomic E-state index is 0.325. The number of carbonyl (C=O) groups excluding carboxylic acids is 1. The van der Waals surface area contributed by atoms with E-state index in [0.29, 0.717) is 11.1 Å². The molecule has 0 fully saturated rings. The van der Waals surface area contributed by atoms with Crippen molar-refractivity contribution in [3.8, 4) is 0 Å². The molecule has 5 nitrogen and oxygen atoms in total. The van der Waals surface area contributed by atoms with E-state index in [-0.39, 0.29) is 5.91 Å². The molecule has 3 N–H and O–H groups in total. The highest BCUT2D eigenvalue weighted by Crippen LogP contribution is 2.15. The average molecular weight is 190 g/mol. The molecule has 14 heavy (non-hydrogen) atoms. The second-order valence-electron chi connectivity index (χ2n) is 3.00. The minimum Gasteiger partial charge on any atom is -0.334 e. The molecule has 1 aromatic heterocycles. The van der Waals surface area contributed by atoms with Crippen LogP contribution in [0.15, 0.2) is 24.5 Å². The number of amides is 1. The van der Waals surface area contributed by atoms with E-state index < -0.39 is 0 Å². The Hall–Kier alpha value is -1.88. The predicted molar refractivity (Wildman–Crippen MR) is 52.4 cm³/mol. The van der Waals surface area contributed by atoms with Gasteiger partial charge in [-0.05, 0) is 12.1 Å². The molecule has 1 aromatic carbocycles. The summed E-state index contributed by atoms with van der Waals surface area (Å²) in [7, 11) is 1.87. The molecule has 5 heteroatoms. The first-order valence-corrected chi connectivity index (χ1v) is 4.15. The minimum atomic E-state index is -0.325. The Kier molecular flexibility index (Phi) is 1.94. The maximum Gasteiger partial charge on any atom is 0.267 e. The van der Waals surface area contributed by atoms with Gasteiger partial charge in [-0.15, -0.1) is 0 Å². The van der Waals surface area contributed by atoms with Gasteiger partial charge in [0.1, 0.15) is 5.52 Å². The summed E-state index contributed by atoms with van der Waals surface area (Å²) in [6.45, 7) is 0. The summed E-state index contributed by atoms with van der Waals surface area (Å²) in [5.41, 5.74) is 4.16. The number of carbonyl (C=O) groups is 1. The van der Waals surface area contributed by atoms with Gasteiger partial charge in [0, 0.05) is 7.05 Å². The number of hydrogen-bond donors (Lipinski definition) is 2. The van der Waals surface area contributed by atoms with Crippen molar-refractivity contribution in [3.63, 3.8) is 0 Å². The van der Waals surface area contributed by atoms with E-state index in [2.05, 4.69) is 10.4 Å². The standard InChI is InChI=1S/C9H10N4O/c1-13-5-11-8-6(9(14)12-10)3-2-4-7(8)13/h2-5H,10H2,1H3,(H,12,14). The molecule has 0 saturated heterocycles. The number of nitrogens with zero attached hydrogens (tertiary/aromatic N) is 2. The van der Waals surface area contributed by atoms with Gasteiger partial charge < -0.3 is 4.57 Å². The number of para-hydroxylation sites is 1. The van der Waals surface area contributed by atoms with Gasteiger partial charge in [-0.3, -0.25) is 10.2 Å². The summed E-state index contributed by atoms with van der Waals surface area (Å²) >= 11 is 0. The molecular weight excluding hydrogens is 180 g/mol. The van der Waals surface area contributed by atoms with Crippen LogP contribution in [0.1, 0.15) is 10.4 Å². The Morgan fingerprint density at radius 3 is 3.07 bits per heavy atom. The number of nitrogen functional groups attached to an aromatic ring is 1. The quantitative estimate of drug-likeness (QED) is 0.382. The van der Waals surface area contributed by atoms with E-state index in [4.69, 9.17) is 5.84 Å². The summed E-state index contributed by atoms with van der Waals surface area (Å²) in [6, 6.07) is 5.39. The first kappa shape index (κ1) is 8.71. The zero-order valence-corrected chi connectivity index (χ0v) is 7.69. The first-order valence-electron chi connectivity index (χ1n) is 4.15. The van der Waals surface area contributed by atoms with Crippen molar-refractivity contribution in [1.29, 1.82) is 0 Å². The van der Waals surface area contributed by atoms with Crippen molar-refractivity contribution in [2.45, 2.75) is 0 Å². The summed E-state index contributed by atoms with van der Waals surface area (Å²) in [5, 5.41) is 0. The molecule has 2 aromatic rings. The highest BCUT2D eigenvalue weighted by Gasteiger charge is 2.10. The number of nitrogens with two attached hydrogens (primary N) is 1. The predicted octanol–water partition coefficient (Wildman–Crippen LogP) is 0.177. The monoisotopic (exact) mass is 190 g/mol. The maximum atomic E-state index is 11.4. The molecule has 0 saturated carbocycles. The van der Waals surface area contributed by atoms with Gasteiger partial charge in [-0.1, -0.05) is 6.07 Å². The molecule has 0 radical (unpaired) electrons. The van der Waals surface area contributed by atoms with Gasteiger partial charge in [0.05, 0.1) is 17.4 Å². The lowest BCUT2D eigenvalue weighted by Gasteiger charge is -2.00. The third kappa shape index (κ3) is 1.14. The maximum absolute atomic E-state index is 11.4. The van der Waals surface area contributed by atoms with Gasteiger partial charge in [0.2, 0.25) is 0 Å². The van der Waals surface area contributed by atoms with Crippen molar-refractivity contribution >= 4 is 16.9 Å². The largest absolute Gasteiger partial charge is 0.334 e. The van der Waals surface area contributed by atoms with Crippen molar-refractivity contribution in [1.82, 2.24) is 15.0 Å². The smallest absolute Gasteiger partial charge is 0.267 e. The van der Waals surface area contributed by atoms with E-state index in [0.717, 1.165) is 5.52 Å². The lowest BCUT2D eigenvalue weighted by molar-refractivity contribution is 0.0955. The van der Waals surface area contributed by atoms with Crippen LogP contribution in [0.25, 0.3) is 11.0 Å². The molecule has 0 unspecified atom stereocenters. The van der Waals surface area contributed by atoms with Crippen LogP contribution in [0.3, 0.4) is 0 Å². The van der Waals surface area contributed by atoms with Crippen molar-refractivity contribution in [3.05, 3.63) is 30.1 Å². The Morgan fingerprint density at radius 2 is 2.36 bits per heavy atom. The number of nitrogens with one attached hydrogen (secondary N) is 1. The Labute approximate surface area is 80.5 Å². The number of rotatable bonds is 1. The lowest BCUT2D eigenvalue weighted by atomic mass is 10.2. The van der Waals surface area contributed by atoms with Crippen LogP contribution in [0.5, 0.6) is 0 Å². The van der Waals surface area contributed by atoms with Crippen molar-refractivity contribution in [2.75, 3.05) is 0 Å². The summed E-state index contributed by atoms with van der Waals surface area (Å²) in [4.78, 5) is 15.5. The average Bonchev–Trinajstić information content (AvgIpc) is 2.59. The Balaban J connectivity index is 2.71. The molecule has 0 aliphatic carbocycles. The molecule has 0 aliphatic rings. The number of hydrogen-bond acceptors (Lipinski definition) is 3. The van der Waals surface area contributed by atoms with Crippen LogP contribution in [-0.4, -0.2) is 15.5 Å². The number of benzene rings is 1. The topological polar surface area (TPSA) is 72.9 Å². The number of imidazole rings is 1. The molecule has 0 spiro atoms. The Bertz CT molecular complexity index is 489. The third-order valence-corrected chi connectivity index (χ3v) is 2.13. The number of aromatic nitrogens is 2. The molecule has 0 atom stereocenters. The molecule has 0 bridgehead atoms. The molecular formula is C9H10N4O. The Morgan fingerprint density at radius 1 is 1.57 bits per heavy atom. The molecule has 1 heterocycles. The molecule has 72 valence electrons. The fraction of sp³-hybridized carbons (Fsp3) is 0.111. The summed E-state index contributed by atoms with van der Waals surface area (Å²) in [6.07, 6.45) is 1.66. The highest BCUT2D eigenvalue weighted by atomic mass is 16.2. The number of aryl methyl sites for hydroxylation is 1. The first-order chi connectivity index (χ1) is 6.74. The van der Waals surface area contributed by atoms with Crippen molar-refractivity contribution < 1.29 is 4.79 Å². The van der Waals surface area contributed by atoms with E-state index in [1.54, 1.807) is 18.5 Å².